The predicted octanol–water partition coefficient (Wildman–Crippen LogP) is 3.46. The summed E-state index contributed by atoms with van der Waals surface area (Å²) in [4.78, 5) is 14.9. The van der Waals surface area contributed by atoms with Crippen LogP contribution in [0, 0.1) is 6.92 Å². The van der Waals surface area contributed by atoms with Crippen molar-refractivity contribution in [1.82, 2.24) is 15.2 Å². The van der Waals surface area contributed by atoms with Gasteiger partial charge in [-0.15, -0.1) is 10.2 Å². The van der Waals surface area contributed by atoms with Crippen LogP contribution in [0.4, 0.5) is 11.6 Å². The van der Waals surface area contributed by atoms with E-state index in [1.54, 1.807) is 12.1 Å². The van der Waals surface area contributed by atoms with Crippen molar-refractivity contribution in [2.45, 2.75) is 13.3 Å². The monoisotopic (exact) mass is 326 g/mol. The Kier molecular flexibility index (Phi) is 4.39. The number of anilines is 2. The number of nitrogens with one attached hydrogen (secondary N) is 2. The van der Waals surface area contributed by atoms with Crippen molar-refractivity contribution in [3.8, 4) is 0 Å². The maximum absolute atomic E-state index is 12.2. The van der Waals surface area contributed by atoms with Gasteiger partial charge in [-0.1, -0.05) is 41.9 Å². The molecular weight excluding hydrogens is 312 g/mol. The Bertz CT molecular complexity index is 874. The zero-order valence-electron chi connectivity index (χ0n) is 12.5. The van der Waals surface area contributed by atoms with E-state index in [4.69, 9.17) is 11.6 Å². The molecule has 1 aromatic heterocycles. The molecule has 0 spiro atoms. The first-order valence-electron chi connectivity index (χ1n) is 7.15. The highest BCUT2D eigenvalue weighted by atomic mass is 35.5. The van der Waals surface area contributed by atoms with Crippen LogP contribution >= 0.6 is 11.6 Å². The average Bonchev–Trinajstić information content (AvgIpc) is 2.54. The van der Waals surface area contributed by atoms with E-state index in [9.17, 15) is 4.79 Å². The standard InChI is InChI=1S/C17H15ClN4O/c1-11-4-2-3-5-14(11)19-17-20-16(23)15(21-22-17)10-12-6-8-13(18)9-7-12/h2-9H,10H2,1H3,(H2,19,20,22,23). The number of aromatic amines is 1. The average molecular weight is 327 g/mol. The van der Waals surface area contributed by atoms with Gasteiger partial charge >= 0.3 is 0 Å². The summed E-state index contributed by atoms with van der Waals surface area (Å²) in [5.41, 5.74) is 2.99. The second-order valence-corrected chi connectivity index (χ2v) is 5.63. The lowest BCUT2D eigenvalue weighted by atomic mass is 10.1. The molecule has 1 heterocycles. The number of benzene rings is 2. The van der Waals surface area contributed by atoms with Gasteiger partial charge in [0.15, 0.2) is 0 Å². The molecule has 0 aliphatic rings. The molecule has 6 heteroatoms. The number of hydrogen-bond acceptors (Lipinski definition) is 4. The molecule has 0 amide bonds. The van der Waals surface area contributed by atoms with E-state index >= 15 is 0 Å². The summed E-state index contributed by atoms with van der Waals surface area (Å²) in [6.45, 7) is 1.97. The molecule has 0 unspecified atom stereocenters. The number of H-pyrrole nitrogens is 1. The fourth-order valence-electron chi connectivity index (χ4n) is 2.17. The molecule has 5 nitrogen and oxygen atoms in total. The Hall–Kier alpha value is -2.66. The molecule has 3 rings (SSSR count). The Balaban J connectivity index is 1.79. The van der Waals surface area contributed by atoms with Crippen molar-refractivity contribution in [2.75, 3.05) is 5.32 Å². The number of para-hydroxylation sites is 1. The first-order chi connectivity index (χ1) is 11.1. The zero-order valence-corrected chi connectivity index (χ0v) is 13.3. The smallest absolute Gasteiger partial charge is 0.274 e. The van der Waals surface area contributed by atoms with Crippen LogP contribution in [-0.2, 0) is 6.42 Å². The molecule has 0 fully saturated rings. The first kappa shape index (κ1) is 15.2. The van der Waals surface area contributed by atoms with Crippen molar-refractivity contribution in [1.29, 1.82) is 0 Å². The van der Waals surface area contributed by atoms with Crippen LogP contribution in [0.15, 0.2) is 53.3 Å². The SMILES string of the molecule is Cc1ccccc1Nc1nnc(Cc2ccc(Cl)cc2)c(=O)[nH]1. The van der Waals surface area contributed by atoms with Gasteiger partial charge in [0.25, 0.3) is 5.56 Å². The molecule has 0 atom stereocenters. The van der Waals surface area contributed by atoms with Crippen LogP contribution in [-0.4, -0.2) is 15.2 Å². The zero-order chi connectivity index (χ0) is 16.2. The minimum absolute atomic E-state index is 0.258. The molecule has 2 N–H and O–H groups in total. The third-order valence-corrected chi connectivity index (χ3v) is 3.70. The van der Waals surface area contributed by atoms with Crippen molar-refractivity contribution >= 4 is 23.2 Å². The van der Waals surface area contributed by atoms with Gasteiger partial charge in [0, 0.05) is 17.1 Å². The molecule has 0 saturated carbocycles. The highest BCUT2D eigenvalue weighted by Gasteiger charge is 2.07. The second-order valence-electron chi connectivity index (χ2n) is 5.19. The van der Waals surface area contributed by atoms with E-state index in [0.717, 1.165) is 16.8 Å². The van der Waals surface area contributed by atoms with Gasteiger partial charge in [-0.05, 0) is 36.2 Å². The number of hydrogen-bond donors (Lipinski definition) is 2. The summed E-state index contributed by atoms with van der Waals surface area (Å²) in [5, 5.41) is 11.8. The molecule has 2 aromatic carbocycles. The Morgan fingerprint density at radius 3 is 2.52 bits per heavy atom. The van der Waals surface area contributed by atoms with E-state index in [1.165, 1.54) is 0 Å². The van der Waals surface area contributed by atoms with Crippen molar-refractivity contribution in [2.24, 2.45) is 0 Å². The van der Waals surface area contributed by atoms with Crippen molar-refractivity contribution < 1.29 is 0 Å². The summed E-state index contributed by atoms with van der Waals surface area (Å²) in [5.74, 6) is 0.323. The summed E-state index contributed by atoms with van der Waals surface area (Å²) < 4.78 is 0. The maximum atomic E-state index is 12.2. The normalized spacial score (nSPS) is 10.5. The lowest BCUT2D eigenvalue weighted by Gasteiger charge is -2.08. The van der Waals surface area contributed by atoms with Crippen molar-refractivity contribution in [3.63, 3.8) is 0 Å². The van der Waals surface area contributed by atoms with Gasteiger partial charge in [-0.3, -0.25) is 9.78 Å². The third-order valence-electron chi connectivity index (χ3n) is 3.45. The van der Waals surface area contributed by atoms with E-state index in [1.807, 2.05) is 43.3 Å². The summed E-state index contributed by atoms with van der Waals surface area (Å²) in [6.07, 6.45) is 0.407. The molecule has 0 aliphatic heterocycles. The van der Waals surface area contributed by atoms with Gasteiger partial charge in [0.05, 0.1) is 0 Å². The van der Waals surface area contributed by atoms with Gasteiger partial charge < -0.3 is 5.32 Å². The van der Waals surface area contributed by atoms with E-state index in [0.29, 0.717) is 23.1 Å². The summed E-state index contributed by atoms with van der Waals surface area (Å²) in [7, 11) is 0. The molecule has 0 radical (unpaired) electrons. The molecule has 0 bridgehead atoms. The largest absolute Gasteiger partial charge is 0.324 e. The Morgan fingerprint density at radius 1 is 1.09 bits per heavy atom. The maximum Gasteiger partial charge on any atom is 0.274 e. The number of aromatic nitrogens is 3. The highest BCUT2D eigenvalue weighted by molar-refractivity contribution is 6.30. The van der Waals surface area contributed by atoms with Crippen LogP contribution in [0.2, 0.25) is 5.02 Å². The second kappa shape index (κ2) is 6.62. The van der Waals surface area contributed by atoms with Crippen LogP contribution in [0.1, 0.15) is 16.8 Å². The molecule has 116 valence electrons. The first-order valence-corrected chi connectivity index (χ1v) is 7.52. The van der Waals surface area contributed by atoms with Crippen LogP contribution in [0.3, 0.4) is 0 Å². The number of rotatable bonds is 4. The Morgan fingerprint density at radius 2 is 1.83 bits per heavy atom. The fourth-order valence-corrected chi connectivity index (χ4v) is 2.29. The van der Waals surface area contributed by atoms with E-state index < -0.39 is 0 Å². The quantitative estimate of drug-likeness (QED) is 0.770. The van der Waals surface area contributed by atoms with Gasteiger partial charge in [0.1, 0.15) is 5.69 Å². The number of aryl methyl sites for hydroxylation is 1. The van der Waals surface area contributed by atoms with Gasteiger partial charge in [0.2, 0.25) is 5.95 Å². The van der Waals surface area contributed by atoms with E-state index in [-0.39, 0.29) is 5.56 Å². The molecule has 0 aliphatic carbocycles. The lowest BCUT2D eigenvalue weighted by Crippen LogP contribution is -2.19. The molecule has 23 heavy (non-hydrogen) atoms. The third kappa shape index (κ3) is 3.76. The number of nitrogens with zero attached hydrogens (tertiary/aromatic N) is 2. The molecule has 3 aromatic rings. The van der Waals surface area contributed by atoms with Crippen LogP contribution < -0.4 is 10.9 Å². The van der Waals surface area contributed by atoms with Gasteiger partial charge in [-0.2, -0.15) is 0 Å². The fraction of sp³-hybridized carbons (Fsp3) is 0.118. The minimum Gasteiger partial charge on any atom is -0.324 e. The van der Waals surface area contributed by atoms with Crippen molar-refractivity contribution in [3.05, 3.63) is 80.7 Å². The lowest BCUT2D eigenvalue weighted by molar-refractivity contribution is 0.874. The molecule has 0 saturated heterocycles. The van der Waals surface area contributed by atoms with Gasteiger partial charge in [-0.25, -0.2) is 0 Å². The molecular formula is C17H15ClN4O. The van der Waals surface area contributed by atoms with Crippen LogP contribution in [0.5, 0.6) is 0 Å². The Labute approximate surface area is 138 Å². The number of halogens is 1. The summed E-state index contributed by atoms with van der Waals surface area (Å²) >= 11 is 5.85. The predicted molar refractivity (Wildman–Crippen MR) is 91.4 cm³/mol. The van der Waals surface area contributed by atoms with Crippen LogP contribution in [0.25, 0.3) is 0 Å². The summed E-state index contributed by atoms with van der Waals surface area (Å²) in [6, 6.07) is 15.0. The topological polar surface area (TPSA) is 70.7 Å². The highest BCUT2D eigenvalue weighted by Crippen LogP contribution is 2.16. The van der Waals surface area contributed by atoms with E-state index in [2.05, 4.69) is 20.5 Å². The minimum atomic E-state index is -0.258.